The van der Waals surface area contributed by atoms with Crippen molar-refractivity contribution in [3.63, 3.8) is 0 Å². The standard InChI is InChI=1S/C17H19NO/c1-18-12-13-4-2-5-14(10-13)15-7-8-17-16(11-15)6-3-9-19-17/h2,4-5,7-8,10-11,18H,3,6,9,12H2,1H3. The van der Waals surface area contributed by atoms with Gasteiger partial charge in [-0.15, -0.1) is 0 Å². The number of hydrogen-bond acceptors (Lipinski definition) is 2. The molecule has 3 rings (SSSR count). The van der Waals surface area contributed by atoms with E-state index in [1.165, 1.54) is 22.3 Å². The smallest absolute Gasteiger partial charge is 0.122 e. The maximum Gasteiger partial charge on any atom is 0.122 e. The number of fused-ring (bicyclic) bond motifs is 1. The maximum absolute atomic E-state index is 5.67. The van der Waals surface area contributed by atoms with Gasteiger partial charge in [0.15, 0.2) is 0 Å². The van der Waals surface area contributed by atoms with Crippen molar-refractivity contribution in [3.05, 3.63) is 53.6 Å². The van der Waals surface area contributed by atoms with E-state index in [2.05, 4.69) is 47.8 Å². The molecule has 0 saturated heterocycles. The van der Waals surface area contributed by atoms with Crippen LogP contribution in [0.15, 0.2) is 42.5 Å². The highest BCUT2D eigenvalue weighted by Gasteiger charge is 2.11. The SMILES string of the molecule is CNCc1cccc(-c2ccc3c(c2)CCCO3)c1. The summed E-state index contributed by atoms with van der Waals surface area (Å²) in [7, 11) is 1.98. The quantitative estimate of drug-likeness (QED) is 0.905. The molecule has 98 valence electrons. The van der Waals surface area contributed by atoms with E-state index in [4.69, 9.17) is 4.74 Å². The Balaban J connectivity index is 1.95. The lowest BCUT2D eigenvalue weighted by atomic mass is 9.98. The van der Waals surface area contributed by atoms with Crippen LogP contribution in [0.2, 0.25) is 0 Å². The van der Waals surface area contributed by atoms with Crippen molar-refractivity contribution in [1.29, 1.82) is 0 Å². The summed E-state index contributed by atoms with van der Waals surface area (Å²) in [6.45, 7) is 1.76. The molecule has 2 aromatic rings. The summed E-state index contributed by atoms with van der Waals surface area (Å²) >= 11 is 0. The normalized spacial score (nSPS) is 13.7. The second kappa shape index (κ2) is 5.45. The molecule has 0 radical (unpaired) electrons. The van der Waals surface area contributed by atoms with Crippen LogP contribution in [0.4, 0.5) is 0 Å². The molecule has 0 aliphatic carbocycles. The lowest BCUT2D eigenvalue weighted by Gasteiger charge is -2.18. The van der Waals surface area contributed by atoms with Crippen molar-refractivity contribution in [3.8, 4) is 16.9 Å². The van der Waals surface area contributed by atoms with Gasteiger partial charge in [0, 0.05) is 6.54 Å². The molecule has 0 amide bonds. The van der Waals surface area contributed by atoms with Crippen LogP contribution < -0.4 is 10.1 Å². The second-order valence-corrected chi connectivity index (χ2v) is 5.01. The first-order chi connectivity index (χ1) is 9.36. The zero-order chi connectivity index (χ0) is 13.1. The monoisotopic (exact) mass is 253 g/mol. The predicted octanol–water partition coefficient (Wildman–Crippen LogP) is 3.40. The van der Waals surface area contributed by atoms with E-state index < -0.39 is 0 Å². The second-order valence-electron chi connectivity index (χ2n) is 5.01. The molecule has 0 saturated carbocycles. The van der Waals surface area contributed by atoms with Crippen molar-refractivity contribution in [1.82, 2.24) is 5.32 Å². The van der Waals surface area contributed by atoms with Crippen LogP contribution in [-0.2, 0) is 13.0 Å². The van der Waals surface area contributed by atoms with Crippen LogP contribution in [0.3, 0.4) is 0 Å². The van der Waals surface area contributed by atoms with Gasteiger partial charge in [0.25, 0.3) is 0 Å². The third kappa shape index (κ3) is 2.64. The Bertz CT molecular complexity index is 577. The van der Waals surface area contributed by atoms with Gasteiger partial charge in [-0.25, -0.2) is 0 Å². The van der Waals surface area contributed by atoms with Crippen LogP contribution in [0.25, 0.3) is 11.1 Å². The predicted molar refractivity (Wildman–Crippen MR) is 78.5 cm³/mol. The first-order valence-corrected chi connectivity index (χ1v) is 6.86. The molecule has 2 aromatic carbocycles. The summed E-state index contributed by atoms with van der Waals surface area (Å²) in [5.41, 5.74) is 5.21. The molecule has 0 aromatic heterocycles. The minimum atomic E-state index is 0.851. The van der Waals surface area contributed by atoms with Gasteiger partial charge in [0.05, 0.1) is 6.61 Å². The minimum Gasteiger partial charge on any atom is -0.493 e. The molecule has 1 N–H and O–H groups in total. The topological polar surface area (TPSA) is 21.3 Å². The average Bonchev–Trinajstić information content (AvgIpc) is 2.47. The van der Waals surface area contributed by atoms with E-state index in [0.717, 1.165) is 31.7 Å². The van der Waals surface area contributed by atoms with E-state index in [1.54, 1.807) is 0 Å². The van der Waals surface area contributed by atoms with E-state index in [0.29, 0.717) is 0 Å². The van der Waals surface area contributed by atoms with E-state index in [1.807, 2.05) is 7.05 Å². The van der Waals surface area contributed by atoms with Gasteiger partial charge in [0.2, 0.25) is 0 Å². The van der Waals surface area contributed by atoms with Crippen LogP contribution in [0.5, 0.6) is 5.75 Å². The van der Waals surface area contributed by atoms with Crippen LogP contribution >= 0.6 is 0 Å². The summed E-state index contributed by atoms with van der Waals surface area (Å²) in [5.74, 6) is 1.06. The minimum absolute atomic E-state index is 0.851. The first-order valence-electron chi connectivity index (χ1n) is 6.86. The lowest BCUT2D eigenvalue weighted by Crippen LogP contribution is -2.08. The Morgan fingerprint density at radius 2 is 2.00 bits per heavy atom. The highest BCUT2D eigenvalue weighted by Crippen LogP contribution is 2.30. The summed E-state index contributed by atoms with van der Waals surface area (Å²) < 4.78 is 5.67. The molecule has 19 heavy (non-hydrogen) atoms. The Hall–Kier alpha value is -1.80. The van der Waals surface area contributed by atoms with Crippen LogP contribution in [-0.4, -0.2) is 13.7 Å². The molecule has 1 heterocycles. The van der Waals surface area contributed by atoms with Gasteiger partial charge in [-0.05, 0) is 60.3 Å². The van der Waals surface area contributed by atoms with Crippen molar-refractivity contribution in [2.24, 2.45) is 0 Å². The van der Waals surface area contributed by atoms with Crippen molar-refractivity contribution in [2.45, 2.75) is 19.4 Å². The molecule has 0 fully saturated rings. The summed E-state index contributed by atoms with van der Waals surface area (Å²) in [5, 5.41) is 3.19. The zero-order valence-corrected chi connectivity index (χ0v) is 11.3. The van der Waals surface area contributed by atoms with Gasteiger partial charge in [0.1, 0.15) is 5.75 Å². The highest BCUT2D eigenvalue weighted by molar-refractivity contribution is 5.66. The van der Waals surface area contributed by atoms with E-state index in [-0.39, 0.29) is 0 Å². The van der Waals surface area contributed by atoms with Gasteiger partial charge in [-0.3, -0.25) is 0 Å². The van der Waals surface area contributed by atoms with Gasteiger partial charge in [-0.2, -0.15) is 0 Å². The summed E-state index contributed by atoms with van der Waals surface area (Å²) in [4.78, 5) is 0. The molecular formula is C17H19NO. The third-order valence-electron chi connectivity index (χ3n) is 3.55. The first kappa shape index (κ1) is 12.2. The highest BCUT2D eigenvalue weighted by atomic mass is 16.5. The largest absolute Gasteiger partial charge is 0.493 e. The number of nitrogens with one attached hydrogen (secondary N) is 1. The Morgan fingerprint density at radius 3 is 2.89 bits per heavy atom. The fraction of sp³-hybridized carbons (Fsp3) is 0.294. The molecule has 1 aliphatic rings. The lowest BCUT2D eigenvalue weighted by molar-refractivity contribution is 0.288. The molecular weight excluding hydrogens is 234 g/mol. The molecule has 1 aliphatic heterocycles. The third-order valence-corrected chi connectivity index (χ3v) is 3.55. The van der Waals surface area contributed by atoms with Crippen molar-refractivity contribution in [2.75, 3.05) is 13.7 Å². The fourth-order valence-corrected chi connectivity index (χ4v) is 2.60. The fourth-order valence-electron chi connectivity index (χ4n) is 2.60. The molecule has 0 bridgehead atoms. The average molecular weight is 253 g/mol. The summed E-state index contributed by atoms with van der Waals surface area (Å²) in [6.07, 6.45) is 2.25. The molecule has 2 heteroatoms. The van der Waals surface area contributed by atoms with E-state index in [9.17, 15) is 0 Å². The molecule has 0 spiro atoms. The molecule has 2 nitrogen and oxygen atoms in total. The van der Waals surface area contributed by atoms with E-state index >= 15 is 0 Å². The Morgan fingerprint density at radius 1 is 1.11 bits per heavy atom. The number of benzene rings is 2. The van der Waals surface area contributed by atoms with Gasteiger partial charge >= 0.3 is 0 Å². The van der Waals surface area contributed by atoms with Gasteiger partial charge < -0.3 is 10.1 Å². The molecule has 0 atom stereocenters. The zero-order valence-electron chi connectivity index (χ0n) is 11.3. The number of hydrogen-bond donors (Lipinski definition) is 1. The van der Waals surface area contributed by atoms with Crippen LogP contribution in [0.1, 0.15) is 17.5 Å². The van der Waals surface area contributed by atoms with Crippen LogP contribution in [0, 0.1) is 0 Å². The molecule has 0 unspecified atom stereocenters. The number of aryl methyl sites for hydroxylation is 1. The van der Waals surface area contributed by atoms with Crippen molar-refractivity contribution < 1.29 is 4.74 Å². The Labute approximate surface area is 114 Å². The maximum atomic E-state index is 5.67. The summed E-state index contributed by atoms with van der Waals surface area (Å²) in [6, 6.07) is 15.2. The Kier molecular flexibility index (Phi) is 3.51. The number of ether oxygens (including phenoxy) is 1. The number of rotatable bonds is 3. The van der Waals surface area contributed by atoms with Gasteiger partial charge in [-0.1, -0.05) is 24.3 Å². The van der Waals surface area contributed by atoms with Crippen molar-refractivity contribution >= 4 is 0 Å².